The predicted molar refractivity (Wildman–Crippen MR) is 84.2 cm³/mol. The van der Waals surface area contributed by atoms with Gasteiger partial charge in [-0.05, 0) is 12.5 Å². The molecule has 1 aromatic rings. The molecule has 0 saturated heterocycles. The molecule has 1 heterocycles. The number of hydrogen-bond donors (Lipinski definition) is 0. The molecule has 23 heavy (non-hydrogen) atoms. The summed E-state index contributed by atoms with van der Waals surface area (Å²) >= 11 is 0. The summed E-state index contributed by atoms with van der Waals surface area (Å²) in [6, 6.07) is 9.87. The molecule has 1 atom stereocenters. The zero-order valence-electron chi connectivity index (χ0n) is 13.7. The highest BCUT2D eigenvalue weighted by molar-refractivity contribution is 6.33. The Hall–Kier alpha value is -2.30. The molecule has 1 aliphatic rings. The molecule has 1 aliphatic heterocycles. The summed E-state index contributed by atoms with van der Waals surface area (Å²) < 4.78 is 16.1. The largest absolute Gasteiger partial charge is 0.460 e. The smallest absolute Gasteiger partial charge is 0.374 e. The molecule has 124 valence electrons. The van der Waals surface area contributed by atoms with E-state index in [1.807, 2.05) is 44.2 Å². The van der Waals surface area contributed by atoms with Crippen LogP contribution in [0.1, 0.15) is 32.8 Å². The number of benzene rings is 1. The third-order valence-electron chi connectivity index (χ3n) is 3.60. The second-order valence-electron chi connectivity index (χ2n) is 6.06. The number of carbonyl (C=O) groups excluding carboxylic acids is 2. The summed E-state index contributed by atoms with van der Waals surface area (Å²) in [6.07, 6.45) is 1.75. The molecule has 0 bridgehead atoms. The van der Waals surface area contributed by atoms with Crippen molar-refractivity contribution >= 4 is 11.8 Å². The molecule has 5 nitrogen and oxygen atoms in total. The van der Waals surface area contributed by atoms with E-state index in [1.165, 1.54) is 6.26 Å². The quantitative estimate of drug-likeness (QED) is 0.571. The first-order chi connectivity index (χ1) is 10.9. The normalized spacial score (nSPS) is 17.0. The van der Waals surface area contributed by atoms with Crippen molar-refractivity contribution in [2.75, 3.05) is 6.61 Å². The maximum Gasteiger partial charge on any atom is 0.374 e. The molecule has 0 aromatic heterocycles. The third-order valence-corrected chi connectivity index (χ3v) is 3.60. The fourth-order valence-electron chi connectivity index (χ4n) is 2.32. The zero-order valence-corrected chi connectivity index (χ0v) is 13.7. The number of esters is 1. The maximum atomic E-state index is 11.9. The molecule has 0 aliphatic carbocycles. The van der Waals surface area contributed by atoms with Gasteiger partial charge in [0.2, 0.25) is 12.1 Å². The van der Waals surface area contributed by atoms with Crippen LogP contribution in [0.25, 0.3) is 0 Å². The Morgan fingerprint density at radius 2 is 1.91 bits per heavy atom. The minimum absolute atomic E-state index is 0.0130. The first-order valence-corrected chi connectivity index (χ1v) is 7.69. The molecule has 1 aromatic carbocycles. The van der Waals surface area contributed by atoms with Crippen LogP contribution in [0.4, 0.5) is 0 Å². The summed E-state index contributed by atoms with van der Waals surface area (Å²) in [4.78, 5) is 23.4. The van der Waals surface area contributed by atoms with Crippen LogP contribution in [0.5, 0.6) is 0 Å². The Morgan fingerprint density at radius 3 is 2.57 bits per heavy atom. The topological polar surface area (TPSA) is 61.8 Å². The van der Waals surface area contributed by atoms with Gasteiger partial charge in [-0.15, -0.1) is 0 Å². The van der Waals surface area contributed by atoms with Crippen LogP contribution in [0, 0.1) is 5.41 Å². The van der Waals surface area contributed by atoms with E-state index in [-0.39, 0.29) is 13.0 Å². The van der Waals surface area contributed by atoms with E-state index in [9.17, 15) is 9.59 Å². The van der Waals surface area contributed by atoms with Gasteiger partial charge in [0, 0.05) is 18.3 Å². The lowest BCUT2D eigenvalue weighted by atomic mass is 9.85. The van der Waals surface area contributed by atoms with E-state index in [1.54, 1.807) is 6.92 Å². The van der Waals surface area contributed by atoms with Crippen LogP contribution < -0.4 is 0 Å². The molecule has 0 saturated carbocycles. The van der Waals surface area contributed by atoms with Gasteiger partial charge in [0.1, 0.15) is 12.0 Å². The van der Waals surface area contributed by atoms with Crippen LogP contribution in [0.3, 0.4) is 0 Å². The lowest BCUT2D eigenvalue weighted by molar-refractivity contribution is -0.154. The van der Waals surface area contributed by atoms with Gasteiger partial charge in [-0.2, -0.15) is 0 Å². The van der Waals surface area contributed by atoms with E-state index < -0.39 is 23.5 Å². The Morgan fingerprint density at radius 1 is 1.22 bits per heavy atom. The fourth-order valence-corrected chi connectivity index (χ4v) is 2.32. The van der Waals surface area contributed by atoms with Crippen molar-refractivity contribution in [2.45, 2.75) is 39.9 Å². The number of Topliss-reactive ketones (excluding diaryl/α,β-unsaturated/α-hetero) is 1. The Kier molecular flexibility index (Phi) is 5.42. The van der Waals surface area contributed by atoms with Gasteiger partial charge in [0.15, 0.2) is 0 Å². The number of rotatable bonds is 7. The Labute approximate surface area is 136 Å². The van der Waals surface area contributed by atoms with E-state index in [0.717, 1.165) is 5.56 Å². The molecule has 5 heteroatoms. The summed E-state index contributed by atoms with van der Waals surface area (Å²) in [6.45, 7) is 5.53. The van der Waals surface area contributed by atoms with Crippen LogP contribution in [-0.4, -0.2) is 24.6 Å². The predicted octanol–water partition coefficient (Wildman–Crippen LogP) is 2.99. The number of ether oxygens (including phenoxy) is 3. The lowest BCUT2D eigenvalue weighted by Crippen LogP contribution is -2.27. The molecular weight excluding hydrogens is 296 g/mol. The first kappa shape index (κ1) is 17.1. The number of carbonyl (C=O) groups is 2. The minimum Gasteiger partial charge on any atom is -0.460 e. The van der Waals surface area contributed by atoms with Gasteiger partial charge in [0.05, 0.1) is 6.61 Å². The second kappa shape index (κ2) is 7.31. The second-order valence-corrected chi connectivity index (χ2v) is 6.06. The number of hydrogen-bond acceptors (Lipinski definition) is 5. The van der Waals surface area contributed by atoms with Crippen LogP contribution in [-0.2, 0) is 30.2 Å². The molecule has 0 fully saturated rings. The Balaban J connectivity index is 1.91. The third kappa shape index (κ3) is 4.58. The number of allylic oxidation sites excluding steroid dienone is 1. The highest BCUT2D eigenvalue weighted by atomic mass is 16.7. The molecule has 0 N–H and O–H groups in total. The van der Waals surface area contributed by atoms with Gasteiger partial charge in [-0.25, -0.2) is 4.79 Å². The van der Waals surface area contributed by atoms with Crippen molar-refractivity contribution in [1.29, 1.82) is 0 Å². The summed E-state index contributed by atoms with van der Waals surface area (Å²) in [7, 11) is 0. The Bertz CT molecular complexity index is 589. The van der Waals surface area contributed by atoms with E-state index in [0.29, 0.717) is 12.2 Å². The molecule has 2 rings (SSSR count). The SMILES string of the molecule is CCOC(=O)C(=O)CC(C)(C)C1=COC(Cc2ccccc2)O1. The van der Waals surface area contributed by atoms with Crippen molar-refractivity contribution in [2.24, 2.45) is 5.41 Å². The monoisotopic (exact) mass is 318 g/mol. The average molecular weight is 318 g/mol. The van der Waals surface area contributed by atoms with E-state index >= 15 is 0 Å². The van der Waals surface area contributed by atoms with Gasteiger partial charge in [-0.1, -0.05) is 44.2 Å². The highest BCUT2D eigenvalue weighted by Crippen LogP contribution is 2.36. The molecule has 0 amide bonds. The van der Waals surface area contributed by atoms with Gasteiger partial charge >= 0.3 is 5.97 Å². The van der Waals surface area contributed by atoms with Gasteiger partial charge in [0.25, 0.3) is 0 Å². The van der Waals surface area contributed by atoms with Gasteiger partial charge < -0.3 is 14.2 Å². The van der Waals surface area contributed by atoms with E-state index in [2.05, 4.69) is 0 Å². The first-order valence-electron chi connectivity index (χ1n) is 7.69. The molecule has 0 radical (unpaired) electrons. The zero-order chi connectivity index (χ0) is 16.9. The minimum atomic E-state index is -0.805. The fraction of sp³-hybridized carbons (Fsp3) is 0.444. The van der Waals surface area contributed by atoms with Crippen molar-refractivity contribution < 1.29 is 23.8 Å². The van der Waals surface area contributed by atoms with Gasteiger partial charge in [-0.3, -0.25) is 4.79 Å². The maximum absolute atomic E-state index is 11.9. The molecular formula is C18H22O5. The van der Waals surface area contributed by atoms with E-state index in [4.69, 9.17) is 14.2 Å². The standard InChI is InChI=1S/C18H22O5/c1-4-21-17(20)14(19)11-18(2,3)15-12-22-16(23-15)10-13-8-6-5-7-9-13/h5-9,12,16H,4,10-11H2,1-3H3. The van der Waals surface area contributed by atoms with Crippen molar-refractivity contribution in [3.63, 3.8) is 0 Å². The summed E-state index contributed by atoms with van der Waals surface area (Å²) in [5, 5.41) is 0. The van der Waals surface area contributed by atoms with Crippen LogP contribution in [0.15, 0.2) is 42.4 Å². The van der Waals surface area contributed by atoms with Crippen LogP contribution in [0.2, 0.25) is 0 Å². The molecule has 1 unspecified atom stereocenters. The van der Waals surface area contributed by atoms with Crippen molar-refractivity contribution in [1.82, 2.24) is 0 Å². The highest BCUT2D eigenvalue weighted by Gasteiger charge is 2.36. The summed E-state index contributed by atoms with van der Waals surface area (Å²) in [5.74, 6) is -0.801. The molecule has 0 spiro atoms. The number of ketones is 1. The van der Waals surface area contributed by atoms with Crippen molar-refractivity contribution in [3.8, 4) is 0 Å². The average Bonchev–Trinajstić information content (AvgIpc) is 2.97. The van der Waals surface area contributed by atoms with Crippen LogP contribution >= 0.6 is 0 Å². The van der Waals surface area contributed by atoms with Crippen molar-refractivity contribution in [3.05, 3.63) is 47.9 Å². The lowest BCUT2D eigenvalue weighted by Gasteiger charge is -2.24. The summed E-state index contributed by atoms with van der Waals surface area (Å²) in [5.41, 5.74) is 0.475.